The normalized spacial score (nSPS) is 10.6. The summed E-state index contributed by atoms with van der Waals surface area (Å²) in [6.07, 6.45) is 1.81. The summed E-state index contributed by atoms with van der Waals surface area (Å²) < 4.78 is 2.92. The molecule has 0 unspecified atom stereocenters. The van der Waals surface area contributed by atoms with E-state index < -0.39 is 0 Å². The maximum Gasteiger partial charge on any atom is 0.0790 e. The Hall–Kier alpha value is -1.13. The van der Waals surface area contributed by atoms with Crippen molar-refractivity contribution in [2.24, 2.45) is 5.73 Å². The van der Waals surface area contributed by atoms with E-state index in [0.29, 0.717) is 6.54 Å². The predicted molar refractivity (Wildman–Crippen MR) is 63.9 cm³/mol. The van der Waals surface area contributed by atoms with Crippen molar-refractivity contribution >= 4 is 15.9 Å². The molecular weight excluding hydrogens is 254 g/mol. The summed E-state index contributed by atoms with van der Waals surface area (Å²) in [6, 6.07) is 7.99. The SMILES string of the molecule is Cc1c(CN)cnn1-c1ccccc1Br. The molecule has 0 saturated heterocycles. The zero-order valence-corrected chi connectivity index (χ0v) is 10.0. The van der Waals surface area contributed by atoms with Gasteiger partial charge in [-0.25, -0.2) is 4.68 Å². The average Bonchev–Trinajstić information content (AvgIpc) is 2.60. The van der Waals surface area contributed by atoms with Crippen LogP contribution in [0.25, 0.3) is 5.69 Å². The third-order valence-electron chi connectivity index (χ3n) is 2.41. The van der Waals surface area contributed by atoms with Gasteiger partial charge in [0, 0.05) is 22.3 Å². The quantitative estimate of drug-likeness (QED) is 0.907. The van der Waals surface area contributed by atoms with Crippen LogP contribution in [0.5, 0.6) is 0 Å². The first-order chi connectivity index (χ1) is 7.24. The minimum atomic E-state index is 0.524. The van der Waals surface area contributed by atoms with Crippen LogP contribution < -0.4 is 5.73 Å². The van der Waals surface area contributed by atoms with Crippen molar-refractivity contribution in [3.05, 3.63) is 46.2 Å². The molecule has 3 nitrogen and oxygen atoms in total. The number of halogens is 1. The highest BCUT2D eigenvalue weighted by atomic mass is 79.9. The fourth-order valence-electron chi connectivity index (χ4n) is 1.51. The van der Waals surface area contributed by atoms with E-state index in [4.69, 9.17) is 5.73 Å². The zero-order chi connectivity index (χ0) is 10.8. The third-order valence-corrected chi connectivity index (χ3v) is 3.08. The second-order valence-corrected chi connectivity index (χ2v) is 4.18. The molecule has 2 rings (SSSR count). The molecule has 0 saturated carbocycles. The number of rotatable bonds is 2. The summed E-state index contributed by atoms with van der Waals surface area (Å²) >= 11 is 3.51. The lowest BCUT2D eigenvalue weighted by Crippen LogP contribution is -2.02. The monoisotopic (exact) mass is 265 g/mol. The Bertz CT molecular complexity index is 476. The first-order valence-corrected chi connectivity index (χ1v) is 5.52. The summed E-state index contributed by atoms with van der Waals surface area (Å²) in [4.78, 5) is 0. The molecule has 1 aromatic heterocycles. The fraction of sp³-hybridized carbons (Fsp3) is 0.182. The molecule has 0 radical (unpaired) electrons. The van der Waals surface area contributed by atoms with E-state index in [9.17, 15) is 0 Å². The van der Waals surface area contributed by atoms with Gasteiger partial charge in [-0.3, -0.25) is 0 Å². The molecule has 2 N–H and O–H groups in total. The van der Waals surface area contributed by atoms with E-state index in [1.807, 2.05) is 42.1 Å². The van der Waals surface area contributed by atoms with Crippen molar-refractivity contribution in [3.8, 4) is 5.69 Å². The van der Waals surface area contributed by atoms with Crippen molar-refractivity contribution in [3.63, 3.8) is 0 Å². The highest BCUT2D eigenvalue weighted by molar-refractivity contribution is 9.10. The molecular formula is C11H12BrN3. The molecule has 0 aliphatic heterocycles. The minimum Gasteiger partial charge on any atom is -0.326 e. The average molecular weight is 266 g/mol. The maximum absolute atomic E-state index is 5.62. The van der Waals surface area contributed by atoms with Gasteiger partial charge >= 0.3 is 0 Å². The zero-order valence-electron chi connectivity index (χ0n) is 8.44. The number of nitrogens with zero attached hydrogens (tertiary/aromatic N) is 2. The maximum atomic E-state index is 5.62. The summed E-state index contributed by atoms with van der Waals surface area (Å²) in [5.74, 6) is 0. The van der Waals surface area contributed by atoms with Crippen LogP contribution in [0.4, 0.5) is 0 Å². The number of hydrogen-bond donors (Lipinski definition) is 1. The van der Waals surface area contributed by atoms with E-state index in [0.717, 1.165) is 21.4 Å². The fourth-order valence-corrected chi connectivity index (χ4v) is 1.96. The minimum absolute atomic E-state index is 0.524. The second-order valence-electron chi connectivity index (χ2n) is 3.32. The van der Waals surface area contributed by atoms with Gasteiger partial charge in [0.05, 0.1) is 11.9 Å². The highest BCUT2D eigenvalue weighted by Gasteiger charge is 2.08. The number of benzene rings is 1. The first kappa shape index (κ1) is 10.4. The Balaban J connectivity index is 2.55. The van der Waals surface area contributed by atoms with Crippen LogP contribution in [0.2, 0.25) is 0 Å². The molecule has 0 amide bonds. The molecule has 78 valence electrons. The van der Waals surface area contributed by atoms with E-state index in [2.05, 4.69) is 21.0 Å². The summed E-state index contributed by atoms with van der Waals surface area (Å²) in [5.41, 5.74) is 8.81. The van der Waals surface area contributed by atoms with Crippen LogP contribution in [0.3, 0.4) is 0 Å². The van der Waals surface area contributed by atoms with Crippen molar-refractivity contribution in [1.82, 2.24) is 9.78 Å². The predicted octanol–water partition coefficient (Wildman–Crippen LogP) is 2.40. The molecule has 15 heavy (non-hydrogen) atoms. The molecule has 1 aromatic carbocycles. The van der Waals surface area contributed by atoms with Gasteiger partial charge in [-0.05, 0) is 35.0 Å². The molecule has 0 aliphatic carbocycles. The van der Waals surface area contributed by atoms with E-state index in [1.165, 1.54) is 0 Å². The Morgan fingerprint density at radius 3 is 2.73 bits per heavy atom. The van der Waals surface area contributed by atoms with Crippen molar-refractivity contribution in [1.29, 1.82) is 0 Å². The highest BCUT2D eigenvalue weighted by Crippen LogP contribution is 2.22. The number of para-hydroxylation sites is 1. The van der Waals surface area contributed by atoms with E-state index in [1.54, 1.807) is 0 Å². The van der Waals surface area contributed by atoms with Crippen LogP contribution in [-0.4, -0.2) is 9.78 Å². The lowest BCUT2D eigenvalue weighted by molar-refractivity contribution is 0.839. The van der Waals surface area contributed by atoms with Gasteiger partial charge in [-0.2, -0.15) is 5.10 Å². The second kappa shape index (κ2) is 4.16. The summed E-state index contributed by atoms with van der Waals surface area (Å²) in [6.45, 7) is 2.55. The largest absolute Gasteiger partial charge is 0.326 e. The van der Waals surface area contributed by atoms with Crippen LogP contribution in [0.15, 0.2) is 34.9 Å². The van der Waals surface area contributed by atoms with Gasteiger partial charge < -0.3 is 5.73 Å². The molecule has 0 atom stereocenters. The molecule has 0 aliphatic rings. The van der Waals surface area contributed by atoms with Gasteiger partial charge in [-0.1, -0.05) is 12.1 Å². The summed E-state index contributed by atoms with van der Waals surface area (Å²) in [7, 11) is 0. The standard InChI is InChI=1S/C11H12BrN3/c1-8-9(6-13)7-14-15(8)11-5-3-2-4-10(11)12/h2-5,7H,6,13H2,1H3. The van der Waals surface area contributed by atoms with Crippen molar-refractivity contribution in [2.45, 2.75) is 13.5 Å². The van der Waals surface area contributed by atoms with Crippen LogP contribution >= 0.6 is 15.9 Å². The first-order valence-electron chi connectivity index (χ1n) is 4.72. The Morgan fingerprint density at radius 2 is 2.13 bits per heavy atom. The number of aromatic nitrogens is 2. The molecule has 0 fully saturated rings. The number of hydrogen-bond acceptors (Lipinski definition) is 2. The molecule has 2 aromatic rings. The lowest BCUT2D eigenvalue weighted by Gasteiger charge is -2.06. The van der Waals surface area contributed by atoms with E-state index in [-0.39, 0.29) is 0 Å². The van der Waals surface area contributed by atoms with Gasteiger partial charge in [-0.15, -0.1) is 0 Å². The molecule has 0 bridgehead atoms. The van der Waals surface area contributed by atoms with Crippen molar-refractivity contribution < 1.29 is 0 Å². The van der Waals surface area contributed by atoms with Crippen LogP contribution in [0, 0.1) is 6.92 Å². The third kappa shape index (κ3) is 1.82. The van der Waals surface area contributed by atoms with Crippen LogP contribution in [0.1, 0.15) is 11.3 Å². The molecule has 4 heteroatoms. The molecule has 1 heterocycles. The van der Waals surface area contributed by atoms with Gasteiger partial charge in [0.1, 0.15) is 0 Å². The van der Waals surface area contributed by atoms with Gasteiger partial charge in [0.25, 0.3) is 0 Å². The summed E-state index contributed by atoms with van der Waals surface area (Å²) in [5, 5.41) is 4.32. The number of nitrogens with two attached hydrogens (primary N) is 1. The van der Waals surface area contributed by atoms with Gasteiger partial charge in [0.15, 0.2) is 0 Å². The smallest absolute Gasteiger partial charge is 0.0790 e. The Labute approximate surface area is 97.0 Å². The van der Waals surface area contributed by atoms with Crippen molar-refractivity contribution in [2.75, 3.05) is 0 Å². The Kier molecular flexibility index (Phi) is 2.88. The Morgan fingerprint density at radius 1 is 1.40 bits per heavy atom. The molecule has 0 spiro atoms. The topological polar surface area (TPSA) is 43.8 Å². The van der Waals surface area contributed by atoms with Gasteiger partial charge in [0.2, 0.25) is 0 Å². The van der Waals surface area contributed by atoms with Crippen LogP contribution in [-0.2, 0) is 6.54 Å². The lowest BCUT2D eigenvalue weighted by atomic mass is 10.2. The van der Waals surface area contributed by atoms with E-state index >= 15 is 0 Å².